The summed E-state index contributed by atoms with van der Waals surface area (Å²) in [6, 6.07) is 4.79. The van der Waals surface area contributed by atoms with Gasteiger partial charge in [0.2, 0.25) is 0 Å². The Morgan fingerprint density at radius 3 is 3.23 bits per heavy atom. The van der Waals surface area contributed by atoms with Crippen LogP contribution in [0.15, 0.2) is 18.2 Å². The van der Waals surface area contributed by atoms with Crippen LogP contribution in [0.25, 0.3) is 0 Å². The zero-order chi connectivity index (χ0) is 9.26. The average molecular weight is 183 g/mol. The van der Waals surface area contributed by atoms with E-state index in [9.17, 15) is 4.39 Å². The lowest BCUT2D eigenvalue weighted by Gasteiger charge is -2.07. The maximum atomic E-state index is 13.1. The van der Waals surface area contributed by atoms with E-state index in [2.05, 4.69) is 5.48 Å². The average Bonchev–Trinajstić information content (AvgIpc) is 2.51. The molecule has 0 radical (unpaired) electrons. The zero-order valence-electron chi connectivity index (χ0n) is 7.21. The van der Waals surface area contributed by atoms with Crippen molar-refractivity contribution < 1.29 is 14.0 Å². The molecule has 1 aliphatic heterocycles. The van der Waals surface area contributed by atoms with Gasteiger partial charge in [0.15, 0.2) is 11.6 Å². The molecule has 0 saturated carbocycles. The molecular weight excluding hydrogens is 173 g/mol. The minimum atomic E-state index is -0.321. The van der Waals surface area contributed by atoms with E-state index < -0.39 is 0 Å². The first-order chi connectivity index (χ1) is 6.33. The Morgan fingerprint density at radius 2 is 2.46 bits per heavy atom. The van der Waals surface area contributed by atoms with Gasteiger partial charge in [-0.3, -0.25) is 0 Å². The molecule has 0 fully saturated rings. The molecule has 1 aliphatic rings. The van der Waals surface area contributed by atoms with Gasteiger partial charge in [-0.1, -0.05) is 12.1 Å². The van der Waals surface area contributed by atoms with E-state index in [1.165, 1.54) is 13.2 Å². The van der Waals surface area contributed by atoms with E-state index in [4.69, 9.17) is 9.57 Å². The Kier molecular flexibility index (Phi) is 2.16. The lowest BCUT2D eigenvalue weighted by atomic mass is 10.1. The third kappa shape index (κ3) is 1.38. The lowest BCUT2D eigenvalue weighted by Crippen LogP contribution is -2.20. The van der Waals surface area contributed by atoms with Crippen molar-refractivity contribution >= 4 is 0 Å². The normalized spacial score (nSPS) is 19.7. The highest BCUT2D eigenvalue weighted by Crippen LogP contribution is 2.34. The number of ether oxygens (including phenoxy) is 1. The molecule has 13 heavy (non-hydrogen) atoms. The number of benzene rings is 1. The minimum absolute atomic E-state index is 0.0734. The largest absolute Gasteiger partial charge is 0.488 e. The van der Waals surface area contributed by atoms with Gasteiger partial charge in [-0.25, -0.2) is 4.39 Å². The lowest BCUT2D eigenvalue weighted by molar-refractivity contribution is 0.0534. The van der Waals surface area contributed by atoms with Gasteiger partial charge in [0.25, 0.3) is 0 Å². The number of fused-ring (bicyclic) bond motifs is 1. The highest BCUT2D eigenvalue weighted by atomic mass is 19.1. The molecule has 0 aromatic heterocycles. The van der Waals surface area contributed by atoms with Crippen LogP contribution in [0.2, 0.25) is 0 Å². The second-order valence-electron chi connectivity index (χ2n) is 2.84. The highest BCUT2D eigenvalue weighted by Gasteiger charge is 2.26. The summed E-state index contributed by atoms with van der Waals surface area (Å²) in [5.74, 6) is 0.00922. The van der Waals surface area contributed by atoms with Crippen LogP contribution >= 0.6 is 0 Å². The highest BCUT2D eigenvalue weighted by molar-refractivity contribution is 5.40. The van der Waals surface area contributed by atoms with Crippen LogP contribution < -0.4 is 10.2 Å². The molecule has 0 spiro atoms. The number of hydrogen-bond acceptors (Lipinski definition) is 3. The van der Waals surface area contributed by atoms with Crippen molar-refractivity contribution in [3.05, 3.63) is 29.6 Å². The van der Waals surface area contributed by atoms with Crippen molar-refractivity contribution in [2.75, 3.05) is 13.7 Å². The van der Waals surface area contributed by atoms with Crippen molar-refractivity contribution in [3.63, 3.8) is 0 Å². The Balaban J connectivity index is 2.32. The van der Waals surface area contributed by atoms with Crippen LogP contribution in [-0.4, -0.2) is 13.7 Å². The predicted octanol–water partition coefficient (Wildman–Crippen LogP) is 1.41. The molecule has 3 nitrogen and oxygen atoms in total. The Labute approximate surface area is 75.4 Å². The van der Waals surface area contributed by atoms with Crippen molar-refractivity contribution in [1.29, 1.82) is 0 Å². The molecule has 0 amide bonds. The maximum absolute atomic E-state index is 13.1. The Hall–Kier alpha value is -1.13. The summed E-state index contributed by atoms with van der Waals surface area (Å²) in [7, 11) is 1.53. The fourth-order valence-corrected chi connectivity index (χ4v) is 1.45. The van der Waals surface area contributed by atoms with Gasteiger partial charge < -0.3 is 9.57 Å². The van der Waals surface area contributed by atoms with Gasteiger partial charge in [0, 0.05) is 5.56 Å². The molecule has 0 saturated heterocycles. The van der Waals surface area contributed by atoms with Crippen LogP contribution in [0.3, 0.4) is 0 Å². The van der Waals surface area contributed by atoms with Crippen molar-refractivity contribution in [2.45, 2.75) is 6.04 Å². The molecular formula is C9H10FNO2. The van der Waals surface area contributed by atoms with Crippen molar-refractivity contribution in [3.8, 4) is 5.75 Å². The smallest absolute Gasteiger partial charge is 0.165 e. The van der Waals surface area contributed by atoms with Crippen LogP contribution in [0.5, 0.6) is 5.75 Å². The molecule has 0 bridgehead atoms. The zero-order valence-corrected chi connectivity index (χ0v) is 7.21. The summed E-state index contributed by atoms with van der Waals surface area (Å²) in [6.45, 7) is 0.407. The van der Waals surface area contributed by atoms with Gasteiger partial charge in [-0.05, 0) is 6.07 Å². The summed E-state index contributed by atoms with van der Waals surface area (Å²) in [5.41, 5.74) is 3.54. The molecule has 4 heteroatoms. The monoisotopic (exact) mass is 183 g/mol. The molecule has 1 N–H and O–H groups in total. The SMILES string of the molecule is CONC1COc2c(F)cccc21. The number of hydrogen-bond donors (Lipinski definition) is 1. The van der Waals surface area contributed by atoms with Crippen molar-refractivity contribution in [1.82, 2.24) is 5.48 Å². The summed E-state index contributed by atoms with van der Waals surface area (Å²) >= 11 is 0. The molecule has 2 rings (SSSR count). The quantitative estimate of drug-likeness (QED) is 0.703. The van der Waals surface area contributed by atoms with Gasteiger partial charge in [0.1, 0.15) is 6.61 Å². The Bertz CT molecular complexity index is 316. The Morgan fingerprint density at radius 1 is 1.62 bits per heavy atom. The summed E-state index contributed by atoms with van der Waals surface area (Å²) in [5, 5.41) is 0. The third-order valence-corrected chi connectivity index (χ3v) is 2.03. The minimum Gasteiger partial charge on any atom is -0.488 e. The first kappa shape index (κ1) is 8.47. The summed E-state index contributed by atoms with van der Waals surface area (Å²) < 4.78 is 18.3. The topological polar surface area (TPSA) is 30.5 Å². The number of para-hydroxylation sites is 1. The van der Waals surface area contributed by atoms with Crippen LogP contribution in [0.1, 0.15) is 11.6 Å². The van der Waals surface area contributed by atoms with E-state index in [-0.39, 0.29) is 11.9 Å². The fraction of sp³-hybridized carbons (Fsp3) is 0.333. The molecule has 1 aromatic carbocycles. The van der Waals surface area contributed by atoms with Gasteiger partial charge in [0.05, 0.1) is 13.2 Å². The van der Waals surface area contributed by atoms with E-state index in [0.717, 1.165) is 5.56 Å². The number of hydroxylamine groups is 1. The second-order valence-corrected chi connectivity index (χ2v) is 2.84. The van der Waals surface area contributed by atoms with Gasteiger partial charge >= 0.3 is 0 Å². The fourth-order valence-electron chi connectivity index (χ4n) is 1.45. The second kappa shape index (κ2) is 3.32. The van der Waals surface area contributed by atoms with E-state index in [1.807, 2.05) is 6.07 Å². The number of rotatable bonds is 2. The van der Waals surface area contributed by atoms with Crippen LogP contribution in [0, 0.1) is 5.82 Å². The molecule has 0 aliphatic carbocycles. The van der Waals surface area contributed by atoms with E-state index >= 15 is 0 Å². The predicted molar refractivity (Wildman–Crippen MR) is 44.8 cm³/mol. The standard InChI is InChI=1S/C9H10FNO2/c1-12-11-8-5-13-9-6(8)3-2-4-7(9)10/h2-4,8,11H,5H2,1H3. The summed E-state index contributed by atoms with van der Waals surface area (Å²) in [4.78, 5) is 4.77. The molecule has 1 atom stereocenters. The van der Waals surface area contributed by atoms with E-state index in [0.29, 0.717) is 12.4 Å². The molecule has 1 heterocycles. The maximum Gasteiger partial charge on any atom is 0.165 e. The first-order valence-electron chi connectivity index (χ1n) is 4.02. The van der Waals surface area contributed by atoms with Crippen molar-refractivity contribution in [2.24, 2.45) is 0 Å². The molecule has 70 valence electrons. The van der Waals surface area contributed by atoms with Gasteiger partial charge in [-0.2, -0.15) is 5.48 Å². The van der Waals surface area contributed by atoms with Gasteiger partial charge in [-0.15, -0.1) is 0 Å². The van der Waals surface area contributed by atoms with E-state index in [1.54, 1.807) is 6.07 Å². The van der Waals surface area contributed by atoms with Crippen LogP contribution in [0.4, 0.5) is 4.39 Å². The summed E-state index contributed by atoms with van der Waals surface area (Å²) in [6.07, 6.45) is 0. The number of halogens is 1. The van der Waals surface area contributed by atoms with Crippen LogP contribution in [-0.2, 0) is 4.84 Å². The third-order valence-electron chi connectivity index (χ3n) is 2.03. The first-order valence-corrected chi connectivity index (χ1v) is 4.02. The molecule has 1 unspecified atom stereocenters. The number of nitrogens with one attached hydrogen (secondary N) is 1. The molecule has 1 aromatic rings.